The lowest BCUT2D eigenvalue weighted by atomic mass is 9.56. The number of carbonyl (C=O) groups excluding carboxylic acids is 5. The molecule has 2 aromatic carbocycles. The zero-order valence-electron chi connectivity index (χ0n) is 39.5. The second-order valence-corrected chi connectivity index (χ2v) is 27.8. The fraction of sp³-hybridized carbons (Fsp3) is 0.732. The minimum absolute atomic E-state index is 0.0148. The first-order valence-corrected chi connectivity index (χ1v) is 29.1. The summed E-state index contributed by atoms with van der Waals surface area (Å²) in [4.78, 5) is 85.8. The summed E-state index contributed by atoms with van der Waals surface area (Å²) in [5.74, 6) is 2.85. The molecule has 0 unspecified atom stereocenters. The van der Waals surface area contributed by atoms with Gasteiger partial charge in [0.2, 0.25) is 0 Å². The highest BCUT2D eigenvalue weighted by molar-refractivity contribution is 8.01. The Balaban J connectivity index is 0.965. The minimum Gasteiger partial charge on any atom is -0.307 e. The monoisotopic (exact) mass is 942 g/mol. The molecule has 9 nitrogen and oxygen atoms in total. The van der Waals surface area contributed by atoms with Gasteiger partial charge in [-0.3, -0.25) is 38.7 Å². The van der Waals surface area contributed by atoms with Crippen LogP contribution < -0.4 is 5.32 Å². The molecule has 4 aliphatic heterocycles. The third kappa shape index (κ3) is 6.85. The smallest absolute Gasteiger partial charge is 0.262 e. The van der Waals surface area contributed by atoms with Gasteiger partial charge in [0, 0.05) is 53.1 Å². The number of likely N-dealkylation sites (tertiary alicyclic amines) is 1. The zero-order chi connectivity index (χ0) is 44.9. The van der Waals surface area contributed by atoms with E-state index >= 15 is 19.2 Å². The van der Waals surface area contributed by atoms with Crippen LogP contribution in [-0.4, -0.2) is 97.4 Å². The molecule has 1 N–H and O–H groups in total. The number of piperidine rings is 1. The van der Waals surface area contributed by atoms with Crippen molar-refractivity contribution in [1.82, 2.24) is 20.0 Å². The van der Waals surface area contributed by atoms with Crippen LogP contribution in [0.5, 0.6) is 0 Å². The lowest BCUT2D eigenvalue weighted by Crippen LogP contribution is -2.59. The van der Waals surface area contributed by atoms with Crippen molar-refractivity contribution in [3.05, 3.63) is 34.4 Å². The number of rotatable bonds is 9. The molecule has 11 heteroatoms. The van der Waals surface area contributed by atoms with Crippen LogP contribution in [-0.2, 0) is 4.79 Å². The summed E-state index contributed by atoms with van der Waals surface area (Å²) in [7, 11) is 0. The Morgan fingerprint density at radius 2 is 0.955 bits per heavy atom. The summed E-state index contributed by atoms with van der Waals surface area (Å²) in [6, 6.07) is 3.30. The summed E-state index contributed by atoms with van der Waals surface area (Å²) < 4.78 is -0.0397. The highest BCUT2D eigenvalue weighted by Gasteiger charge is 2.56. The Morgan fingerprint density at radius 1 is 0.507 bits per heavy atom. The molecule has 16 rings (SSSR count). The van der Waals surface area contributed by atoms with E-state index in [9.17, 15) is 4.79 Å². The first kappa shape index (κ1) is 43.1. The van der Waals surface area contributed by atoms with Crippen LogP contribution in [0.2, 0.25) is 0 Å². The number of imide groups is 2. The number of thioether (sulfide) groups is 2. The Bertz CT molecular complexity index is 2400. The minimum atomic E-state index is -0.521. The maximum absolute atomic E-state index is 16.0. The van der Waals surface area contributed by atoms with Crippen molar-refractivity contribution in [2.75, 3.05) is 19.6 Å². The van der Waals surface area contributed by atoms with E-state index in [-0.39, 0.29) is 57.0 Å². The molecule has 2 saturated heterocycles. The highest BCUT2D eigenvalue weighted by Crippen LogP contribution is 2.65. The molecule has 5 atom stereocenters. The molecule has 12 fully saturated rings. The largest absolute Gasteiger partial charge is 0.307 e. The number of nitrogens with zero attached hydrogens (tertiary/aromatic N) is 3. The molecule has 0 spiro atoms. The summed E-state index contributed by atoms with van der Waals surface area (Å²) in [6.07, 6.45) is 26.9. The van der Waals surface area contributed by atoms with Gasteiger partial charge in [-0.2, -0.15) is 0 Å². The normalized spacial score (nSPS) is 41.0. The van der Waals surface area contributed by atoms with Gasteiger partial charge in [0.25, 0.3) is 23.6 Å². The second kappa shape index (κ2) is 16.1. The van der Waals surface area contributed by atoms with Crippen molar-refractivity contribution in [2.45, 2.75) is 204 Å². The van der Waals surface area contributed by atoms with Gasteiger partial charge in [0.1, 0.15) is 0 Å². The van der Waals surface area contributed by atoms with Crippen LogP contribution in [0.1, 0.15) is 202 Å². The van der Waals surface area contributed by atoms with Crippen molar-refractivity contribution in [2.24, 2.45) is 41.4 Å². The topological polar surface area (TPSA) is 107 Å². The summed E-state index contributed by atoms with van der Waals surface area (Å²) in [5, 5.41) is 4.57. The molecular weight excluding hydrogens is 873 g/mol. The maximum atomic E-state index is 16.0. The molecule has 4 heterocycles. The van der Waals surface area contributed by atoms with E-state index in [1.54, 1.807) is 9.80 Å². The fourth-order valence-corrected chi connectivity index (χ4v) is 22.4. The van der Waals surface area contributed by atoms with Crippen molar-refractivity contribution in [3.8, 4) is 0 Å². The van der Waals surface area contributed by atoms with Gasteiger partial charge in [0.15, 0.2) is 5.78 Å². The van der Waals surface area contributed by atoms with Gasteiger partial charge < -0.3 is 5.32 Å². The molecule has 4 amide bonds. The van der Waals surface area contributed by atoms with Gasteiger partial charge in [-0.1, -0.05) is 32.1 Å². The standard InChI is InChI=1S/C56H70N4O5S2/c61-50(40-10-8-14-57-40)37-9-2-3-11-41(37)59-51(62)38-23-45(67-56-28-34-20-35(29-56)22-36(21-34)30-56)49-47-39(52(63)60(54(49)65)43-13-5-4-12-42(43)58-15-6-1-7-16-58)24-44(48(46(38)47)53(59)64)66-55-25-31-17-32(26-55)19-33(18-31)27-55/h23-24,31-37,40-43,57H,1-22,25-30H2/t31?,32?,33?,34?,35?,36?,37-,40+,41-,42-,43-,55?,56?/m1/s1. The molecule has 0 aromatic heterocycles. The quantitative estimate of drug-likeness (QED) is 0.246. The molecule has 67 heavy (non-hydrogen) atoms. The number of ketones is 1. The van der Waals surface area contributed by atoms with E-state index in [0.29, 0.717) is 81.4 Å². The van der Waals surface area contributed by atoms with Gasteiger partial charge in [-0.15, -0.1) is 23.5 Å². The van der Waals surface area contributed by atoms with E-state index in [0.717, 1.165) is 132 Å². The van der Waals surface area contributed by atoms with E-state index in [1.807, 2.05) is 23.5 Å². The Labute approximate surface area is 405 Å². The number of carbonyl (C=O) groups is 5. The van der Waals surface area contributed by atoms with Gasteiger partial charge >= 0.3 is 0 Å². The van der Waals surface area contributed by atoms with Gasteiger partial charge in [-0.25, -0.2) is 0 Å². The van der Waals surface area contributed by atoms with Crippen LogP contribution in [0, 0.1) is 41.4 Å². The van der Waals surface area contributed by atoms with Crippen molar-refractivity contribution >= 4 is 63.7 Å². The number of nitrogens with one attached hydrogen (secondary N) is 1. The predicted octanol–water partition coefficient (Wildman–Crippen LogP) is 10.8. The molecule has 0 radical (unpaired) electrons. The lowest BCUT2D eigenvalue weighted by Gasteiger charge is -2.56. The summed E-state index contributed by atoms with van der Waals surface area (Å²) in [5.41, 5.74) is 2.11. The molecule has 10 aliphatic carbocycles. The molecule has 14 aliphatic rings. The SMILES string of the molecule is O=C([C@@H]1CCCN1)[C@@H]1CCCC[C@H]1N1C(=O)c2cc(SC34CC5CC(CC(C5)C3)C4)c3c4c(cc(SC56CC7CC(CC(C7)C5)C6)c(c24)C1=O)C(=O)N([C@@H]1CCCC[C@H]1N1CCCCC1)C3=O. The number of benzene rings is 2. The maximum Gasteiger partial charge on any atom is 0.262 e. The number of hydrogen-bond donors (Lipinski definition) is 1. The van der Waals surface area contributed by atoms with Crippen LogP contribution in [0.4, 0.5) is 0 Å². The van der Waals surface area contributed by atoms with Gasteiger partial charge in [-0.05, 0) is 196 Å². The van der Waals surface area contributed by atoms with E-state index in [4.69, 9.17) is 0 Å². The third-order valence-corrected chi connectivity index (χ3v) is 23.4. The Hall–Kier alpha value is -2.73. The summed E-state index contributed by atoms with van der Waals surface area (Å²) in [6.45, 7) is 2.85. The van der Waals surface area contributed by atoms with Crippen LogP contribution in [0.25, 0.3) is 10.8 Å². The molecule has 2 aromatic rings. The first-order valence-electron chi connectivity index (χ1n) is 27.4. The second-order valence-electron chi connectivity index (χ2n) is 24.7. The van der Waals surface area contributed by atoms with Crippen LogP contribution in [0.15, 0.2) is 21.9 Å². The van der Waals surface area contributed by atoms with Crippen molar-refractivity contribution in [3.63, 3.8) is 0 Å². The van der Waals surface area contributed by atoms with Crippen molar-refractivity contribution in [1.29, 1.82) is 0 Å². The molecule has 8 bridgehead atoms. The van der Waals surface area contributed by atoms with Crippen LogP contribution >= 0.6 is 23.5 Å². The van der Waals surface area contributed by atoms with Gasteiger partial charge in [0.05, 0.1) is 29.3 Å². The number of Topliss-reactive ketones (excluding diaryl/α,β-unsaturated/α-hetero) is 1. The molecule has 10 saturated carbocycles. The van der Waals surface area contributed by atoms with E-state index < -0.39 is 12.0 Å². The highest BCUT2D eigenvalue weighted by atomic mass is 32.2. The van der Waals surface area contributed by atoms with E-state index in [2.05, 4.69) is 22.3 Å². The molecular formula is C56H70N4O5S2. The van der Waals surface area contributed by atoms with E-state index in [1.165, 1.54) is 44.9 Å². The lowest BCUT2D eigenvalue weighted by molar-refractivity contribution is -0.127. The average molecular weight is 943 g/mol. The predicted molar refractivity (Wildman–Crippen MR) is 262 cm³/mol. The number of amides is 4. The summed E-state index contributed by atoms with van der Waals surface area (Å²) >= 11 is 3.73. The first-order chi connectivity index (χ1) is 32.6. The average Bonchev–Trinajstić information content (AvgIpc) is 3.85. The van der Waals surface area contributed by atoms with Crippen molar-refractivity contribution < 1.29 is 24.0 Å². The van der Waals surface area contributed by atoms with Crippen LogP contribution in [0.3, 0.4) is 0 Å². The fourth-order valence-electron chi connectivity index (χ4n) is 18.6. The Kier molecular flexibility index (Phi) is 10.4. The third-order valence-electron chi connectivity index (χ3n) is 20.4. The number of hydrogen-bond acceptors (Lipinski definition) is 9. The zero-order valence-corrected chi connectivity index (χ0v) is 41.1. The molecule has 356 valence electrons. The Morgan fingerprint density at radius 3 is 1.43 bits per heavy atom.